The Morgan fingerprint density at radius 2 is 2.04 bits per heavy atom. The minimum atomic E-state index is -4.49. The molecule has 0 bridgehead atoms. The minimum absolute atomic E-state index is 0.00628. The molecule has 3 rings (SSSR count). The third-order valence-corrected chi connectivity index (χ3v) is 4.65. The van der Waals surface area contributed by atoms with Gasteiger partial charge in [-0.15, -0.1) is 11.3 Å². The van der Waals surface area contributed by atoms with Crippen molar-refractivity contribution in [2.45, 2.75) is 6.18 Å². The molecule has 0 aliphatic rings. The second-order valence-corrected chi connectivity index (χ2v) is 6.27. The van der Waals surface area contributed by atoms with Crippen LogP contribution in [0.25, 0.3) is 21.5 Å². The van der Waals surface area contributed by atoms with E-state index in [2.05, 4.69) is 9.97 Å². The summed E-state index contributed by atoms with van der Waals surface area (Å²) in [7, 11) is 0. The number of nitrogens with zero attached hydrogens (tertiary/aromatic N) is 3. The van der Waals surface area contributed by atoms with Gasteiger partial charge in [-0.25, -0.2) is 9.97 Å². The summed E-state index contributed by atoms with van der Waals surface area (Å²) >= 11 is 6.90. The van der Waals surface area contributed by atoms with E-state index in [1.165, 1.54) is 24.4 Å². The smallest absolute Gasteiger partial charge is 0.416 e. The zero-order valence-electron chi connectivity index (χ0n) is 12.2. The van der Waals surface area contributed by atoms with Gasteiger partial charge in [0.05, 0.1) is 21.3 Å². The summed E-state index contributed by atoms with van der Waals surface area (Å²) in [6, 6.07) is 7.94. The summed E-state index contributed by atoms with van der Waals surface area (Å²) in [6.45, 7) is 0. The molecule has 3 aromatic rings. The van der Waals surface area contributed by atoms with Crippen molar-refractivity contribution in [3.05, 3.63) is 57.8 Å². The van der Waals surface area contributed by atoms with Crippen molar-refractivity contribution in [1.82, 2.24) is 9.97 Å². The fourth-order valence-electron chi connectivity index (χ4n) is 2.11. The predicted octanol–water partition coefficient (Wildman–Crippen LogP) is 5.31. The molecule has 0 unspecified atom stereocenters. The number of pyridine rings is 1. The molecule has 2 aromatic heterocycles. The van der Waals surface area contributed by atoms with E-state index >= 15 is 0 Å². The van der Waals surface area contributed by atoms with Crippen LogP contribution in [-0.2, 0) is 6.18 Å². The fourth-order valence-corrected chi connectivity index (χ4v) is 3.26. The fraction of sp³-hybridized carbons (Fsp3) is 0.0625. The van der Waals surface area contributed by atoms with Gasteiger partial charge in [0.15, 0.2) is 0 Å². The monoisotopic (exact) mass is 381 g/mol. The van der Waals surface area contributed by atoms with Crippen LogP contribution in [-0.4, -0.2) is 15.1 Å². The average Bonchev–Trinajstić information content (AvgIpc) is 2.97. The number of hydrogen-bond donors (Lipinski definition) is 1. The summed E-state index contributed by atoms with van der Waals surface area (Å²) in [5.41, 5.74) is -0.799. The van der Waals surface area contributed by atoms with Crippen molar-refractivity contribution in [3.8, 4) is 6.07 Å². The molecule has 1 aromatic carbocycles. The Labute approximate surface area is 148 Å². The molecule has 0 radical (unpaired) electrons. The summed E-state index contributed by atoms with van der Waals surface area (Å²) in [6.07, 6.45) is -3.07. The van der Waals surface area contributed by atoms with Gasteiger partial charge in [0.1, 0.15) is 27.6 Å². The largest absolute Gasteiger partial charge is 0.506 e. The molecule has 0 amide bonds. The predicted molar refractivity (Wildman–Crippen MR) is 88.9 cm³/mol. The molecule has 1 N–H and O–H groups in total. The number of halogens is 4. The van der Waals surface area contributed by atoms with E-state index in [-0.39, 0.29) is 26.8 Å². The lowest BCUT2D eigenvalue weighted by atomic mass is 10.1. The van der Waals surface area contributed by atoms with Crippen molar-refractivity contribution in [2.24, 2.45) is 0 Å². The zero-order chi connectivity index (χ0) is 18.2. The number of benzene rings is 1. The molecule has 0 aliphatic heterocycles. The van der Waals surface area contributed by atoms with Crippen LogP contribution in [0.4, 0.5) is 13.2 Å². The van der Waals surface area contributed by atoms with Crippen LogP contribution in [0.1, 0.15) is 16.1 Å². The Morgan fingerprint density at radius 1 is 1.28 bits per heavy atom. The normalized spacial score (nSPS) is 12.8. The van der Waals surface area contributed by atoms with Crippen molar-refractivity contribution in [2.75, 3.05) is 0 Å². The lowest BCUT2D eigenvalue weighted by molar-refractivity contribution is -0.137. The van der Waals surface area contributed by atoms with Crippen molar-refractivity contribution >= 4 is 44.5 Å². The number of fused-ring (bicyclic) bond motifs is 1. The maximum Gasteiger partial charge on any atom is 0.416 e. The number of nitriles is 1. The lowest BCUT2D eigenvalue weighted by Gasteiger charge is -2.04. The highest BCUT2D eigenvalue weighted by molar-refractivity contribution is 7.19. The Kier molecular flexibility index (Phi) is 4.37. The van der Waals surface area contributed by atoms with E-state index in [9.17, 15) is 23.5 Å². The molecule has 126 valence electrons. The third-order valence-electron chi connectivity index (χ3n) is 3.29. The van der Waals surface area contributed by atoms with Crippen LogP contribution in [0, 0.1) is 11.3 Å². The highest BCUT2D eigenvalue weighted by Crippen LogP contribution is 2.36. The number of aromatic nitrogens is 2. The molecule has 0 fully saturated rings. The van der Waals surface area contributed by atoms with Gasteiger partial charge in [-0.2, -0.15) is 18.4 Å². The van der Waals surface area contributed by atoms with Crippen LogP contribution in [0.2, 0.25) is 5.15 Å². The number of aliphatic hydroxyl groups is 1. The number of alkyl halides is 3. The highest BCUT2D eigenvalue weighted by Gasteiger charge is 2.31. The first kappa shape index (κ1) is 17.2. The lowest BCUT2D eigenvalue weighted by Crippen LogP contribution is -2.03. The van der Waals surface area contributed by atoms with E-state index in [0.29, 0.717) is 4.70 Å². The van der Waals surface area contributed by atoms with Crippen LogP contribution in [0.5, 0.6) is 0 Å². The van der Waals surface area contributed by atoms with Crippen molar-refractivity contribution in [3.63, 3.8) is 0 Å². The molecule has 0 saturated carbocycles. The van der Waals surface area contributed by atoms with E-state index in [1.54, 1.807) is 0 Å². The SMILES string of the molecule is N#CC(=C(O)c1cccnc1Cl)c1nc2cc(C(F)(F)F)ccc2s1. The van der Waals surface area contributed by atoms with E-state index in [0.717, 1.165) is 23.5 Å². The quantitative estimate of drug-likeness (QED) is 0.371. The van der Waals surface area contributed by atoms with Gasteiger partial charge in [0, 0.05) is 6.20 Å². The first-order valence-corrected chi connectivity index (χ1v) is 7.93. The standard InChI is InChI=1S/C16H7ClF3N3OS/c17-14-9(2-1-5-22-14)13(24)10(7-21)15-23-11-6-8(16(18,19)20)3-4-12(11)25-15/h1-6,24H. The topological polar surface area (TPSA) is 69.8 Å². The van der Waals surface area contributed by atoms with Crippen molar-refractivity contribution < 1.29 is 18.3 Å². The summed E-state index contributed by atoms with van der Waals surface area (Å²) in [5.74, 6) is -0.435. The Balaban J connectivity index is 2.15. The summed E-state index contributed by atoms with van der Waals surface area (Å²) in [5, 5.41) is 19.8. The van der Waals surface area contributed by atoms with E-state index in [1.807, 2.05) is 6.07 Å². The number of hydrogen-bond acceptors (Lipinski definition) is 5. The number of thiazole rings is 1. The highest BCUT2D eigenvalue weighted by atomic mass is 35.5. The molecule has 9 heteroatoms. The third kappa shape index (κ3) is 3.29. The Hall–Kier alpha value is -2.63. The average molecular weight is 382 g/mol. The number of allylic oxidation sites excluding steroid dienone is 1. The van der Waals surface area contributed by atoms with Gasteiger partial charge >= 0.3 is 6.18 Å². The Bertz CT molecular complexity index is 1040. The molecule has 0 saturated heterocycles. The number of aliphatic hydroxyl groups excluding tert-OH is 1. The summed E-state index contributed by atoms with van der Waals surface area (Å²) in [4.78, 5) is 7.86. The minimum Gasteiger partial charge on any atom is -0.506 e. The zero-order valence-corrected chi connectivity index (χ0v) is 13.7. The maximum atomic E-state index is 12.8. The maximum absolute atomic E-state index is 12.8. The summed E-state index contributed by atoms with van der Waals surface area (Å²) < 4.78 is 38.8. The van der Waals surface area contributed by atoms with Crippen LogP contribution in [0.3, 0.4) is 0 Å². The molecule has 0 spiro atoms. The van der Waals surface area contributed by atoms with Gasteiger partial charge < -0.3 is 5.11 Å². The van der Waals surface area contributed by atoms with Gasteiger partial charge in [-0.05, 0) is 30.3 Å². The van der Waals surface area contributed by atoms with E-state index < -0.39 is 17.5 Å². The second kappa shape index (κ2) is 6.35. The van der Waals surface area contributed by atoms with Gasteiger partial charge in [-0.1, -0.05) is 11.6 Å². The molecule has 0 atom stereocenters. The molecule has 25 heavy (non-hydrogen) atoms. The Morgan fingerprint density at radius 3 is 2.68 bits per heavy atom. The molecular formula is C16H7ClF3N3OS. The van der Waals surface area contributed by atoms with Gasteiger partial charge in [-0.3, -0.25) is 0 Å². The van der Waals surface area contributed by atoms with E-state index in [4.69, 9.17) is 11.6 Å². The van der Waals surface area contributed by atoms with Crippen LogP contribution in [0.15, 0.2) is 36.5 Å². The van der Waals surface area contributed by atoms with Gasteiger partial charge in [0.25, 0.3) is 0 Å². The van der Waals surface area contributed by atoms with Crippen LogP contribution < -0.4 is 0 Å². The van der Waals surface area contributed by atoms with Crippen LogP contribution >= 0.6 is 22.9 Å². The van der Waals surface area contributed by atoms with Gasteiger partial charge in [0.2, 0.25) is 0 Å². The number of rotatable bonds is 2. The second-order valence-electron chi connectivity index (χ2n) is 4.88. The first-order valence-electron chi connectivity index (χ1n) is 6.73. The molecular weight excluding hydrogens is 375 g/mol. The first-order chi connectivity index (χ1) is 11.8. The molecule has 0 aliphatic carbocycles. The molecule has 4 nitrogen and oxygen atoms in total. The molecule has 2 heterocycles. The van der Waals surface area contributed by atoms with Crippen molar-refractivity contribution in [1.29, 1.82) is 5.26 Å².